The van der Waals surface area contributed by atoms with Gasteiger partial charge in [0.2, 0.25) is 0 Å². The Morgan fingerprint density at radius 2 is 2.18 bits per heavy atom. The highest BCUT2D eigenvalue weighted by molar-refractivity contribution is 5.73. The molecule has 0 aliphatic rings. The van der Waals surface area contributed by atoms with Crippen LogP contribution in [0.15, 0.2) is 12.1 Å². The number of nitro benzene ring substituents is 1. The molecule has 0 bridgehead atoms. The van der Waals surface area contributed by atoms with Gasteiger partial charge in [-0.1, -0.05) is 0 Å². The summed E-state index contributed by atoms with van der Waals surface area (Å²) in [5, 5.41) is 10.7. The summed E-state index contributed by atoms with van der Waals surface area (Å²) in [5.41, 5.74) is -0.0357. The zero-order valence-electron chi connectivity index (χ0n) is 9.53. The Morgan fingerprint density at radius 1 is 1.53 bits per heavy atom. The Morgan fingerprint density at radius 3 is 2.71 bits per heavy atom. The first-order chi connectivity index (χ1) is 7.97. The summed E-state index contributed by atoms with van der Waals surface area (Å²) in [6.07, 6.45) is -0.298. The number of carbonyl (C=O) groups is 1. The third-order valence-electron chi connectivity index (χ3n) is 2.34. The topological polar surface area (TPSA) is 69.4 Å². The van der Waals surface area contributed by atoms with Crippen LogP contribution in [0.4, 0.5) is 10.1 Å². The van der Waals surface area contributed by atoms with Crippen LogP contribution in [0.1, 0.15) is 18.1 Å². The van der Waals surface area contributed by atoms with Crippen molar-refractivity contribution in [3.63, 3.8) is 0 Å². The molecule has 6 heteroatoms. The van der Waals surface area contributed by atoms with E-state index in [4.69, 9.17) is 0 Å². The molecule has 5 nitrogen and oxygen atoms in total. The Hall–Kier alpha value is -1.98. The summed E-state index contributed by atoms with van der Waals surface area (Å²) >= 11 is 0. The number of benzene rings is 1. The van der Waals surface area contributed by atoms with E-state index in [9.17, 15) is 19.3 Å². The number of nitro groups is 1. The van der Waals surface area contributed by atoms with E-state index < -0.39 is 16.7 Å². The van der Waals surface area contributed by atoms with E-state index in [-0.39, 0.29) is 29.8 Å². The number of hydrogen-bond donors (Lipinski definition) is 0. The first-order valence-electron chi connectivity index (χ1n) is 5.05. The second kappa shape index (κ2) is 5.38. The fourth-order valence-corrected chi connectivity index (χ4v) is 1.48. The molecule has 1 aromatic rings. The maximum Gasteiger partial charge on any atom is 0.310 e. The fourth-order valence-electron chi connectivity index (χ4n) is 1.48. The summed E-state index contributed by atoms with van der Waals surface area (Å²) in [4.78, 5) is 21.3. The van der Waals surface area contributed by atoms with Crippen LogP contribution in [-0.2, 0) is 16.0 Å². The van der Waals surface area contributed by atoms with Gasteiger partial charge in [-0.25, -0.2) is 4.39 Å². The van der Waals surface area contributed by atoms with Crippen molar-refractivity contribution in [2.75, 3.05) is 6.61 Å². The fraction of sp³-hybridized carbons (Fsp3) is 0.364. The van der Waals surface area contributed by atoms with Gasteiger partial charge in [-0.3, -0.25) is 14.9 Å². The number of halogens is 1. The monoisotopic (exact) mass is 241 g/mol. The third kappa shape index (κ3) is 2.99. The molecule has 0 N–H and O–H groups in total. The van der Waals surface area contributed by atoms with Crippen molar-refractivity contribution in [3.8, 4) is 0 Å². The number of rotatable bonds is 4. The second-order valence-corrected chi connectivity index (χ2v) is 3.41. The van der Waals surface area contributed by atoms with Crippen LogP contribution >= 0.6 is 0 Å². The van der Waals surface area contributed by atoms with Crippen LogP contribution in [0.3, 0.4) is 0 Å². The predicted molar refractivity (Wildman–Crippen MR) is 58.1 cm³/mol. The van der Waals surface area contributed by atoms with Crippen molar-refractivity contribution < 1.29 is 18.8 Å². The van der Waals surface area contributed by atoms with Gasteiger partial charge in [0.15, 0.2) is 0 Å². The zero-order chi connectivity index (χ0) is 13.0. The standard InChI is InChI=1S/C11H12FNO4/c1-3-17-11(14)6-8-7(2)10(13(15)16)5-4-9(8)12/h4-5H,3,6H2,1-2H3. The van der Waals surface area contributed by atoms with Crippen LogP contribution in [0.2, 0.25) is 0 Å². The van der Waals surface area contributed by atoms with Crippen LogP contribution in [0, 0.1) is 22.9 Å². The van der Waals surface area contributed by atoms with Crippen LogP contribution in [0.5, 0.6) is 0 Å². The third-order valence-corrected chi connectivity index (χ3v) is 2.34. The minimum Gasteiger partial charge on any atom is -0.466 e. The van der Waals surface area contributed by atoms with E-state index in [2.05, 4.69) is 4.74 Å². The molecule has 0 heterocycles. The summed E-state index contributed by atoms with van der Waals surface area (Å²) in [6.45, 7) is 3.23. The largest absolute Gasteiger partial charge is 0.466 e. The smallest absolute Gasteiger partial charge is 0.310 e. The molecule has 0 aliphatic heterocycles. The van der Waals surface area contributed by atoms with Crippen LogP contribution in [-0.4, -0.2) is 17.5 Å². The molecule has 17 heavy (non-hydrogen) atoms. The Labute approximate surface area is 97.3 Å². The van der Waals surface area contributed by atoms with Gasteiger partial charge in [0.25, 0.3) is 5.69 Å². The molecule has 0 spiro atoms. The molecule has 1 rings (SSSR count). The number of ether oxygens (including phenoxy) is 1. The highest BCUT2D eigenvalue weighted by Crippen LogP contribution is 2.24. The lowest BCUT2D eigenvalue weighted by atomic mass is 10.0. The molecular formula is C11H12FNO4. The molecule has 0 aliphatic carbocycles. The average molecular weight is 241 g/mol. The highest BCUT2D eigenvalue weighted by atomic mass is 19.1. The Bertz CT molecular complexity index is 459. The molecule has 0 atom stereocenters. The van der Waals surface area contributed by atoms with E-state index >= 15 is 0 Å². The van der Waals surface area contributed by atoms with Crippen LogP contribution < -0.4 is 0 Å². The van der Waals surface area contributed by atoms with E-state index in [0.717, 1.165) is 12.1 Å². The molecule has 0 radical (unpaired) electrons. The zero-order valence-corrected chi connectivity index (χ0v) is 9.53. The molecule has 0 saturated carbocycles. The SMILES string of the molecule is CCOC(=O)Cc1c(F)ccc([N+](=O)[O-])c1C. The lowest BCUT2D eigenvalue weighted by Crippen LogP contribution is -2.11. The Balaban J connectivity index is 3.09. The number of nitrogens with zero attached hydrogens (tertiary/aromatic N) is 1. The first-order valence-corrected chi connectivity index (χ1v) is 5.05. The van der Waals surface area contributed by atoms with E-state index in [0.29, 0.717) is 0 Å². The lowest BCUT2D eigenvalue weighted by molar-refractivity contribution is -0.385. The maximum absolute atomic E-state index is 13.5. The molecule has 92 valence electrons. The van der Waals surface area contributed by atoms with E-state index in [1.807, 2.05) is 0 Å². The molecule has 0 fully saturated rings. The van der Waals surface area contributed by atoms with Crippen molar-refractivity contribution in [1.29, 1.82) is 0 Å². The van der Waals surface area contributed by atoms with Crippen molar-refractivity contribution in [1.82, 2.24) is 0 Å². The lowest BCUT2D eigenvalue weighted by Gasteiger charge is -2.07. The summed E-state index contributed by atoms with van der Waals surface area (Å²) < 4.78 is 18.1. The normalized spacial score (nSPS) is 10.1. The number of carbonyl (C=O) groups excluding carboxylic acids is 1. The van der Waals surface area contributed by atoms with Gasteiger partial charge < -0.3 is 4.74 Å². The van der Waals surface area contributed by atoms with Crippen molar-refractivity contribution in [2.45, 2.75) is 20.3 Å². The molecule has 1 aromatic carbocycles. The highest BCUT2D eigenvalue weighted by Gasteiger charge is 2.19. The van der Waals surface area contributed by atoms with E-state index in [1.165, 1.54) is 6.92 Å². The van der Waals surface area contributed by atoms with E-state index in [1.54, 1.807) is 6.92 Å². The van der Waals surface area contributed by atoms with Gasteiger partial charge >= 0.3 is 5.97 Å². The van der Waals surface area contributed by atoms with Gasteiger partial charge in [-0.2, -0.15) is 0 Å². The minimum absolute atomic E-state index is 0.0117. The molecule has 0 unspecified atom stereocenters. The summed E-state index contributed by atoms with van der Waals surface area (Å²) in [6, 6.07) is 2.07. The van der Waals surface area contributed by atoms with Gasteiger partial charge in [0.1, 0.15) is 5.82 Å². The van der Waals surface area contributed by atoms with Gasteiger partial charge in [0, 0.05) is 17.2 Å². The van der Waals surface area contributed by atoms with Gasteiger partial charge in [-0.15, -0.1) is 0 Å². The maximum atomic E-state index is 13.5. The second-order valence-electron chi connectivity index (χ2n) is 3.41. The predicted octanol–water partition coefficient (Wildman–Crippen LogP) is 2.15. The molecule has 0 saturated heterocycles. The number of hydrogen-bond acceptors (Lipinski definition) is 4. The first kappa shape index (κ1) is 13.1. The van der Waals surface area contributed by atoms with Gasteiger partial charge in [0.05, 0.1) is 18.0 Å². The average Bonchev–Trinajstić information content (AvgIpc) is 2.24. The van der Waals surface area contributed by atoms with Crippen LogP contribution in [0.25, 0.3) is 0 Å². The number of esters is 1. The van der Waals surface area contributed by atoms with Crippen molar-refractivity contribution >= 4 is 11.7 Å². The minimum atomic E-state index is -0.638. The molecule has 0 amide bonds. The Kier molecular flexibility index (Phi) is 4.14. The quantitative estimate of drug-likeness (QED) is 0.460. The molecular weight excluding hydrogens is 229 g/mol. The molecule has 0 aromatic heterocycles. The van der Waals surface area contributed by atoms with Crippen molar-refractivity contribution in [3.05, 3.63) is 39.2 Å². The van der Waals surface area contributed by atoms with Gasteiger partial charge in [-0.05, 0) is 19.9 Å². The van der Waals surface area contributed by atoms with Crippen molar-refractivity contribution in [2.24, 2.45) is 0 Å². The summed E-state index contributed by atoms with van der Waals surface area (Å²) in [7, 11) is 0. The summed E-state index contributed by atoms with van der Waals surface area (Å²) in [5.74, 6) is -1.24.